The molecule has 2 rings (SSSR count). The molecule has 3 nitrogen and oxygen atoms in total. The largest absolute Gasteiger partial charge is 0.484 e. The summed E-state index contributed by atoms with van der Waals surface area (Å²) >= 11 is 3.30. The molecule has 2 aromatic rings. The van der Waals surface area contributed by atoms with Crippen LogP contribution in [0.4, 0.5) is 4.39 Å². The van der Waals surface area contributed by atoms with E-state index >= 15 is 0 Å². The molecule has 19 heavy (non-hydrogen) atoms. The van der Waals surface area contributed by atoms with Gasteiger partial charge in [-0.05, 0) is 52.7 Å². The molecule has 0 spiro atoms. The molecular formula is C14H14BrFN2O. The van der Waals surface area contributed by atoms with Crippen molar-refractivity contribution in [3.8, 4) is 5.75 Å². The van der Waals surface area contributed by atoms with Crippen LogP contribution in [0.5, 0.6) is 5.75 Å². The molecule has 0 unspecified atom stereocenters. The molecule has 0 bridgehead atoms. The average molecular weight is 325 g/mol. The normalized spacial score (nSPS) is 12.2. The molecule has 1 aromatic heterocycles. The average Bonchev–Trinajstić information content (AvgIpc) is 2.39. The van der Waals surface area contributed by atoms with Crippen LogP contribution in [0.15, 0.2) is 41.0 Å². The van der Waals surface area contributed by atoms with Gasteiger partial charge in [-0.2, -0.15) is 0 Å². The van der Waals surface area contributed by atoms with Crippen molar-refractivity contribution < 1.29 is 9.13 Å². The Morgan fingerprint density at radius 1 is 1.37 bits per heavy atom. The molecule has 2 N–H and O–H groups in total. The molecule has 0 saturated carbocycles. The Bertz CT molecular complexity index is 558. The van der Waals surface area contributed by atoms with Crippen molar-refractivity contribution in [3.05, 3.63) is 58.1 Å². The summed E-state index contributed by atoms with van der Waals surface area (Å²) in [6, 6.07) is 8.23. The summed E-state index contributed by atoms with van der Waals surface area (Å²) in [5.74, 6) is -0.207. The summed E-state index contributed by atoms with van der Waals surface area (Å²) in [5.41, 5.74) is 7.17. The van der Waals surface area contributed by atoms with Crippen molar-refractivity contribution in [1.82, 2.24) is 4.98 Å². The van der Waals surface area contributed by atoms with Gasteiger partial charge in [0.2, 0.25) is 0 Å². The maximum Gasteiger partial charge on any atom is 0.165 e. The molecule has 0 aliphatic heterocycles. The second kappa shape index (κ2) is 6.12. The van der Waals surface area contributed by atoms with Crippen LogP contribution in [0.2, 0.25) is 0 Å². The van der Waals surface area contributed by atoms with Gasteiger partial charge in [0.15, 0.2) is 11.6 Å². The first-order valence-electron chi connectivity index (χ1n) is 5.84. The highest BCUT2D eigenvalue weighted by Gasteiger charge is 2.07. The van der Waals surface area contributed by atoms with Crippen molar-refractivity contribution in [1.29, 1.82) is 0 Å². The summed E-state index contributed by atoms with van der Waals surface area (Å²) in [4.78, 5) is 4.15. The van der Waals surface area contributed by atoms with E-state index in [2.05, 4.69) is 20.9 Å². The van der Waals surface area contributed by atoms with Gasteiger partial charge < -0.3 is 10.5 Å². The monoisotopic (exact) mass is 324 g/mol. The van der Waals surface area contributed by atoms with Crippen LogP contribution in [0.3, 0.4) is 0 Å². The zero-order chi connectivity index (χ0) is 13.8. The second-order valence-corrected chi connectivity index (χ2v) is 5.15. The number of pyridine rings is 1. The zero-order valence-electron chi connectivity index (χ0n) is 10.4. The number of rotatable bonds is 4. The quantitative estimate of drug-likeness (QED) is 0.935. The number of ether oxygens (including phenoxy) is 1. The summed E-state index contributed by atoms with van der Waals surface area (Å²) in [6.45, 7) is 2.03. The molecule has 1 heterocycles. The van der Waals surface area contributed by atoms with Crippen molar-refractivity contribution in [2.75, 3.05) is 0 Å². The molecule has 0 saturated heterocycles. The van der Waals surface area contributed by atoms with E-state index in [0.29, 0.717) is 0 Å². The lowest BCUT2D eigenvalue weighted by Gasteiger charge is -2.10. The van der Waals surface area contributed by atoms with Gasteiger partial charge in [0, 0.05) is 16.7 Å². The van der Waals surface area contributed by atoms with Gasteiger partial charge in [0.25, 0.3) is 0 Å². The Morgan fingerprint density at radius 3 is 2.74 bits per heavy atom. The minimum Gasteiger partial charge on any atom is -0.484 e. The number of hydrogen-bond donors (Lipinski definition) is 1. The molecule has 0 radical (unpaired) electrons. The van der Waals surface area contributed by atoms with Gasteiger partial charge in [0.1, 0.15) is 6.61 Å². The van der Waals surface area contributed by atoms with E-state index in [9.17, 15) is 4.39 Å². The standard InChI is InChI=1S/C14H14BrFN2O/c1-9(17)10-2-5-14(13(16)6-10)19-8-12-4-3-11(15)7-18-12/h2-7,9H,8,17H2,1H3/t9-/m1/s1. The van der Waals surface area contributed by atoms with Crippen molar-refractivity contribution >= 4 is 15.9 Å². The highest BCUT2D eigenvalue weighted by Crippen LogP contribution is 2.22. The highest BCUT2D eigenvalue weighted by atomic mass is 79.9. The first-order chi connectivity index (χ1) is 9.06. The van der Waals surface area contributed by atoms with E-state index in [-0.39, 0.29) is 18.4 Å². The van der Waals surface area contributed by atoms with Gasteiger partial charge in [-0.1, -0.05) is 6.07 Å². The molecule has 0 fully saturated rings. The fourth-order valence-corrected chi connectivity index (χ4v) is 1.80. The van der Waals surface area contributed by atoms with E-state index in [1.165, 1.54) is 6.07 Å². The van der Waals surface area contributed by atoms with Crippen LogP contribution in [0.25, 0.3) is 0 Å². The van der Waals surface area contributed by atoms with E-state index in [0.717, 1.165) is 15.7 Å². The van der Waals surface area contributed by atoms with Gasteiger partial charge >= 0.3 is 0 Å². The van der Waals surface area contributed by atoms with E-state index in [1.807, 2.05) is 12.1 Å². The lowest BCUT2D eigenvalue weighted by molar-refractivity contribution is 0.285. The zero-order valence-corrected chi connectivity index (χ0v) is 12.0. The SMILES string of the molecule is C[C@@H](N)c1ccc(OCc2ccc(Br)cn2)c(F)c1. The molecule has 100 valence electrons. The second-order valence-electron chi connectivity index (χ2n) is 4.23. The number of halogens is 2. The van der Waals surface area contributed by atoms with Gasteiger partial charge in [-0.3, -0.25) is 4.98 Å². The maximum atomic E-state index is 13.8. The highest BCUT2D eigenvalue weighted by molar-refractivity contribution is 9.10. The Balaban J connectivity index is 2.05. The number of nitrogens with zero attached hydrogens (tertiary/aromatic N) is 1. The number of aromatic nitrogens is 1. The first kappa shape index (κ1) is 14.0. The summed E-state index contributed by atoms with van der Waals surface area (Å²) in [5, 5.41) is 0. The van der Waals surface area contributed by atoms with Crippen LogP contribution < -0.4 is 10.5 Å². The van der Waals surface area contributed by atoms with Gasteiger partial charge in [-0.25, -0.2) is 4.39 Å². The Kier molecular flexibility index (Phi) is 4.50. The Labute approximate surface area is 119 Å². The minimum atomic E-state index is -0.410. The number of benzene rings is 1. The molecule has 1 aromatic carbocycles. The summed E-state index contributed by atoms with van der Waals surface area (Å²) in [6.07, 6.45) is 1.67. The molecule has 0 amide bonds. The molecular weight excluding hydrogens is 311 g/mol. The fraction of sp³-hybridized carbons (Fsp3) is 0.214. The van der Waals surface area contributed by atoms with Crippen molar-refractivity contribution in [3.63, 3.8) is 0 Å². The predicted molar refractivity (Wildman–Crippen MR) is 75.3 cm³/mol. The number of nitrogens with two attached hydrogens (primary N) is 1. The first-order valence-corrected chi connectivity index (χ1v) is 6.64. The van der Waals surface area contributed by atoms with E-state index in [1.54, 1.807) is 25.3 Å². The van der Waals surface area contributed by atoms with Gasteiger partial charge in [0.05, 0.1) is 5.69 Å². The van der Waals surface area contributed by atoms with E-state index in [4.69, 9.17) is 10.5 Å². The van der Waals surface area contributed by atoms with Crippen LogP contribution in [-0.2, 0) is 6.61 Å². The van der Waals surface area contributed by atoms with E-state index < -0.39 is 5.82 Å². The lowest BCUT2D eigenvalue weighted by Crippen LogP contribution is -2.06. The van der Waals surface area contributed by atoms with Crippen molar-refractivity contribution in [2.45, 2.75) is 19.6 Å². The third kappa shape index (κ3) is 3.75. The van der Waals surface area contributed by atoms with Crippen LogP contribution in [0, 0.1) is 5.82 Å². The van der Waals surface area contributed by atoms with Gasteiger partial charge in [-0.15, -0.1) is 0 Å². The molecule has 0 aliphatic carbocycles. The summed E-state index contributed by atoms with van der Waals surface area (Å²) in [7, 11) is 0. The topological polar surface area (TPSA) is 48.1 Å². The Morgan fingerprint density at radius 2 is 2.16 bits per heavy atom. The predicted octanol–water partition coefficient (Wildman–Crippen LogP) is 3.58. The fourth-order valence-electron chi connectivity index (χ4n) is 1.56. The molecule has 5 heteroatoms. The maximum absolute atomic E-state index is 13.8. The molecule has 0 aliphatic rings. The third-order valence-corrected chi connectivity index (χ3v) is 3.12. The smallest absolute Gasteiger partial charge is 0.165 e. The van der Waals surface area contributed by atoms with Crippen LogP contribution >= 0.6 is 15.9 Å². The third-order valence-electron chi connectivity index (χ3n) is 2.65. The lowest BCUT2D eigenvalue weighted by atomic mass is 10.1. The van der Waals surface area contributed by atoms with Crippen LogP contribution in [0.1, 0.15) is 24.2 Å². The Hall–Kier alpha value is -1.46. The summed E-state index contributed by atoms with van der Waals surface area (Å²) < 4.78 is 20.1. The molecule has 1 atom stereocenters. The van der Waals surface area contributed by atoms with Crippen LogP contribution in [-0.4, -0.2) is 4.98 Å². The minimum absolute atomic E-state index is 0.198. The van der Waals surface area contributed by atoms with Crippen molar-refractivity contribution in [2.24, 2.45) is 5.73 Å². The number of hydrogen-bond acceptors (Lipinski definition) is 3.